The van der Waals surface area contributed by atoms with Crippen LogP contribution in [-0.4, -0.2) is 9.13 Å². The van der Waals surface area contributed by atoms with Crippen LogP contribution in [0.15, 0.2) is 224 Å². The summed E-state index contributed by atoms with van der Waals surface area (Å²) in [4.78, 5) is 2.38. The molecule has 11 aromatic rings. The first-order valence-electron chi connectivity index (χ1n) is 19.5. The van der Waals surface area contributed by atoms with E-state index in [0.29, 0.717) is 0 Å². The van der Waals surface area contributed by atoms with Crippen LogP contribution in [0.1, 0.15) is 0 Å². The molecule has 0 spiro atoms. The largest absolute Gasteiger partial charge is 0.310 e. The van der Waals surface area contributed by atoms with Crippen molar-refractivity contribution in [2.24, 2.45) is 0 Å². The van der Waals surface area contributed by atoms with Crippen LogP contribution in [0.25, 0.3) is 77.2 Å². The van der Waals surface area contributed by atoms with Crippen molar-refractivity contribution in [3.8, 4) is 33.6 Å². The van der Waals surface area contributed by atoms with Crippen LogP contribution in [-0.2, 0) is 0 Å². The molecule has 0 radical (unpaired) electrons. The second-order valence-corrected chi connectivity index (χ2v) is 14.6. The number of fused-ring (bicyclic) bond motifs is 6. The minimum Gasteiger partial charge on any atom is -0.310 e. The summed E-state index contributed by atoms with van der Waals surface area (Å²) in [6.45, 7) is 0. The van der Waals surface area contributed by atoms with Crippen molar-refractivity contribution in [3.63, 3.8) is 0 Å². The molecule has 0 aliphatic heterocycles. The van der Waals surface area contributed by atoms with Crippen molar-refractivity contribution < 1.29 is 0 Å². The lowest BCUT2D eigenvalue weighted by Gasteiger charge is -2.28. The first-order valence-corrected chi connectivity index (χ1v) is 19.5. The maximum absolute atomic E-state index is 2.42. The van der Waals surface area contributed by atoms with Crippen LogP contribution < -0.4 is 4.90 Å². The lowest BCUT2D eigenvalue weighted by Crippen LogP contribution is -2.11. The second-order valence-electron chi connectivity index (χ2n) is 14.6. The van der Waals surface area contributed by atoms with Crippen molar-refractivity contribution >= 4 is 60.7 Å². The summed E-state index contributed by atoms with van der Waals surface area (Å²) in [5.74, 6) is 0. The quantitative estimate of drug-likeness (QED) is 0.159. The average molecular weight is 728 g/mol. The predicted octanol–water partition coefficient (Wildman–Crippen LogP) is 14.7. The zero-order valence-electron chi connectivity index (χ0n) is 31.2. The van der Waals surface area contributed by atoms with E-state index in [9.17, 15) is 0 Å². The highest BCUT2D eigenvalue weighted by Gasteiger charge is 2.20. The molecule has 57 heavy (non-hydrogen) atoms. The van der Waals surface area contributed by atoms with E-state index in [1.54, 1.807) is 0 Å². The Bertz CT molecular complexity index is 3230. The van der Waals surface area contributed by atoms with E-state index in [2.05, 4.69) is 238 Å². The Morgan fingerprint density at radius 2 is 0.754 bits per heavy atom. The van der Waals surface area contributed by atoms with Gasteiger partial charge in [-0.15, -0.1) is 0 Å². The highest BCUT2D eigenvalue weighted by Crippen LogP contribution is 2.43. The van der Waals surface area contributed by atoms with Gasteiger partial charge in [0, 0.05) is 49.9 Å². The third kappa shape index (κ3) is 5.51. The first-order chi connectivity index (χ1) is 28.3. The SMILES string of the molecule is c1ccc(-c2ccccc2N(c2ccccc2)c2cccc(-n3c4ccccc4c4cc(-c5ccc6c(c5)c5ccccc5n6-c5ccccc5)ccc43)c2)cc1. The Kier molecular flexibility index (Phi) is 7.82. The molecule has 0 fully saturated rings. The average Bonchev–Trinajstić information content (AvgIpc) is 3.80. The monoisotopic (exact) mass is 727 g/mol. The van der Waals surface area contributed by atoms with Gasteiger partial charge in [0.25, 0.3) is 0 Å². The van der Waals surface area contributed by atoms with E-state index in [0.717, 1.165) is 22.7 Å². The van der Waals surface area contributed by atoms with E-state index in [1.807, 2.05) is 0 Å². The van der Waals surface area contributed by atoms with Gasteiger partial charge in [0.05, 0.1) is 27.8 Å². The summed E-state index contributed by atoms with van der Waals surface area (Å²) in [5, 5.41) is 4.97. The summed E-state index contributed by atoms with van der Waals surface area (Å²) in [5.41, 5.74) is 15.1. The summed E-state index contributed by atoms with van der Waals surface area (Å²) >= 11 is 0. The van der Waals surface area contributed by atoms with Gasteiger partial charge < -0.3 is 14.0 Å². The summed E-state index contributed by atoms with van der Waals surface area (Å²) in [7, 11) is 0. The maximum atomic E-state index is 2.42. The van der Waals surface area contributed by atoms with Crippen LogP contribution in [0.4, 0.5) is 17.1 Å². The molecule has 0 amide bonds. The molecule has 0 N–H and O–H groups in total. The standard InChI is InChI=1S/C54H37N3/c1-4-17-38(18-5-1)45-25-10-13-28-50(45)55(41-19-6-2-7-20-41)43-23-16-24-44(37-43)57-52-30-15-12-27-47(52)49-36-40(32-34-54(49)57)39-31-33-53-48(35-39)46-26-11-14-29-51(46)56(53)42-21-8-3-9-22-42/h1-37H. The van der Waals surface area contributed by atoms with E-state index in [1.165, 1.54) is 71.6 Å². The van der Waals surface area contributed by atoms with Crippen LogP contribution in [0, 0.1) is 0 Å². The fourth-order valence-electron chi connectivity index (χ4n) is 8.74. The van der Waals surface area contributed by atoms with Gasteiger partial charge >= 0.3 is 0 Å². The van der Waals surface area contributed by atoms with Gasteiger partial charge in [0.2, 0.25) is 0 Å². The van der Waals surface area contributed by atoms with E-state index in [4.69, 9.17) is 0 Å². The third-order valence-electron chi connectivity index (χ3n) is 11.3. The number of nitrogens with zero attached hydrogens (tertiary/aromatic N) is 3. The van der Waals surface area contributed by atoms with Crippen molar-refractivity contribution in [1.29, 1.82) is 0 Å². The molecule has 2 heterocycles. The van der Waals surface area contributed by atoms with Crippen LogP contribution in [0.3, 0.4) is 0 Å². The topological polar surface area (TPSA) is 13.1 Å². The van der Waals surface area contributed by atoms with Crippen molar-refractivity contribution in [2.75, 3.05) is 4.90 Å². The Morgan fingerprint density at radius 1 is 0.281 bits per heavy atom. The molecule has 3 heteroatoms. The molecule has 9 aromatic carbocycles. The molecule has 0 bridgehead atoms. The predicted molar refractivity (Wildman–Crippen MR) is 241 cm³/mol. The minimum absolute atomic E-state index is 1.09. The van der Waals surface area contributed by atoms with Crippen molar-refractivity contribution in [3.05, 3.63) is 224 Å². The van der Waals surface area contributed by atoms with E-state index >= 15 is 0 Å². The fraction of sp³-hybridized carbons (Fsp3) is 0. The van der Waals surface area contributed by atoms with Crippen molar-refractivity contribution in [1.82, 2.24) is 9.13 Å². The molecular weight excluding hydrogens is 691 g/mol. The van der Waals surface area contributed by atoms with Gasteiger partial charge in [-0.2, -0.15) is 0 Å². The highest BCUT2D eigenvalue weighted by atomic mass is 15.1. The second kappa shape index (κ2) is 13.6. The summed E-state index contributed by atoms with van der Waals surface area (Å²) in [6, 6.07) is 81.0. The number of hydrogen-bond donors (Lipinski definition) is 0. The normalized spacial score (nSPS) is 11.5. The zero-order chi connectivity index (χ0) is 37.7. The highest BCUT2D eigenvalue weighted by molar-refractivity contribution is 6.12. The zero-order valence-corrected chi connectivity index (χ0v) is 31.2. The van der Waals surface area contributed by atoms with Gasteiger partial charge in [0.1, 0.15) is 0 Å². The third-order valence-corrected chi connectivity index (χ3v) is 11.3. The molecule has 0 aliphatic carbocycles. The van der Waals surface area contributed by atoms with Gasteiger partial charge in [-0.25, -0.2) is 0 Å². The molecule has 0 saturated carbocycles. The summed E-state index contributed by atoms with van der Waals surface area (Å²) in [6.07, 6.45) is 0. The number of para-hydroxylation sites is 5. The molecule has 11 rings (SSSR count). The number of rotatable bonds is 7. The Morgan fingerprint density at radius 3 is 1.40 bits per heavy atom. The molecule has 268 valence electrons. The minimum atomic E-state index is 1.09. The van der Waals surface area contributed by atoms with Gasteiger partial charge in [0.15, 0.2) is 0 Å². The van der Waals surface area contributed by atoms with Crippen LogP contribution >= 0.6 is 0 Å². The number of hydrogen-bond acceptors (Lipinski definition) is 1. The molecule has 0 aliphatic rings. The molecule has 0 atom stereocenters. The van der Waals surface area contributed by atoms with Gasteiger partial charge in [-0.1, -0.05) is 140 Å². The van der Waals surface area contributed by atoms with Crippen LogP contribution in [0.2, 0.25) is 0 Å². The lowest BCUT2D eigenvalue weighted by molar-refractivity contribution is 1.17. The Hall–Kier alpha value is -7.62. The number of benzene rings is 9. The summed E-state index contributed by atoms with van der Waals surface area (Å²) < 4.78 is 4.79. The molecular formula is C54H37N3. The van der Waals surface area contributed by atoms with Crippen molar-refractivity contribution in [2.45, 2.75) is 0 Å². The lowest BCUT2D eigenvalue weighted by atomic mass is 10.0. The Labute approximate surface area is 331 Å². The van der Waals surface area contributed by atoms with Gasteiger partial charge in [-0.3, -0.25) is 0 Å². The van der Waals surface area contributed by atoms with E-state index < -0.39 is 0 Å². The number of aromatic nitrogens is 2. The number of anilines is 3. The molecule has 2 aromatic heterocycles. The Balaban J connectivity index is 1.06. The molecule has 3 nitrogen and oxygen atoms in total. The smallest absolute Gasteiger partial charge is 0.0541 e. The molecule has 0 saturated heterocycles. The fourth-order valence-corrected chi connectivity index (χ4v) is 8.74. The maximum Gasteiger partial charge on any atom is 0.0541 e. The first kappa shape index (κ1) is 32.8. The van der Waals surface area contributed by atoms with E-state index in [-0.39, 0.29) is 0 Å². The van der Waals surface area contributed by atoms with Crippen LogP contribution in [0.5, 0.6) is 0 Å². The molecule has 0 unspecified atom stereocenters. The van der Waals surface area contributed by atoms with Gasteiger partial charge in [-0.05, 0) is 102 Å².